The maximum atomic E-state index is 5.02. The van der Waals surface area contributed by atoms with E-state index in [1.165, 1.54) is 25.7 Å². The second-order valence-electron chi connectivity index (χ2n) is 3.65. The third-order valence-corrected chi connectivity index (χ3v) is 2.69. The minimum atomic E-state index is 0.384. The lowest BCUT2D eigenvalue weighted by Crippen LogP contribution is -2.07. The van der Waals surface area contributed by atoms with Crippen LogP contribution in [0.3, 0.4) is 0 Å². The maximum absolute atomic E-state index is 5.02. The van der Waals surface area contributed by atoms with Crippen LogP contribution in [0.15, 0.2) is 0 Å². The Morgan fingerprint density at radius 1 is 1.43 bits per heavy atom. The van der Waals surface area contributed by atoms with Crippen molar-refractivity contribution in [1.29, 1.82) is 0 Å². The van der Waals surface area contributed by atoms with Gasteiger partial charge in [0.15, 0.2) is 0 Å². The van der Waals surface area contributed by atoms with Crippen LogP contribution in [-0.2, 0) is 0 Å². The molecule has 0 amide bonds. The summed E-state index contributed by atoms with van der Waals surface area (Å²) in [6.45, 7) is 4.36. The largest absolute Gasteiger partial charge is 0.240 e. The molecule has 1 heterocycles. The van der Waals surface area contributed by atoms with Gasteiger partial charge in [0.25, 0.3) is 0 Å². The Morgan fingerprint density at radius 3 is 2.79 bits per heavy atom. The van der Waals surface area contributed by atoms with Gasteiger partial charge in [0.05, 0.1) is 6.04 Å². The molecular formula is C9H18N4S. The zero-order valence-corrected chi connectivity index (χ0v) is 9.68. The van der Waals surface area contributed by atoms with Gasteiger partial charge < -0.3 is 0 Å². The number of unbranched alkanes of at least 4 members (excludes halogenated alkanes) is 3. The van der Waals surface area contributed by atoms with Gasteiger partial charge in [0.1, 0.15) is 0 Å². The van der Waals surface area contributed by atoms with E-state index in [0.29, 0.717) is 10.8 Å². The quantitative estimate of drug-likeness (QED) is 0.585. The number of aromatic nitrogens is 4. The smallest absolute Gasteiger partial charge is 0.238 e. The topological polar surface area (TPSA) is 46.5 Å². The molecule has 5 heteroatoms. The molecule has 1 unspecified atom stereocenters. The fraction of sp³-hybridized carbons (Fsp3) is 0.889. The molecule has 4 nitrogen and oxygen atoms in total. The summed E-state index contributed by atoms with van der Waals surface area (Å²) in [5, 5.41) is 10.2. The second kappa shape index (κ2) is 5.90. The first-order valence-corrected chi connectivity index (χ1v) is 5.66. The van der Waals surface area contributed by atoms with Gasteiger partial charge in [0.2, 0.25) is 4.77 Å². The number of nitrogens with zero attached hydrogens (tertiary/aromatic N) is 3. The molecule has 1 aromatic heterocycles. The number of H-pyrrole nitrogens is 1. The summed E-state index contributed by atoms with van der Waals surface area (Å²) >= 11 is 5.02. The van der Waals surface area contributed by atoms with E-state index < -0.39 is 0 Å². The van der Waals surface area contributed by atoms with E-state index in [9.17, 15) is 0 Å². The van der Waals surface area contributed by atoms with Crippen molar-refractivity contribution in [2.24, 2.45) is 0 Å². The lowest BCUT2D eigenvalue weighted by atomic mass is 10.1. The van der Waals surface area contributed by atoms with Crippen molar-refractivity contribution in [3.63, 3.8) is 0 Å². The molecule has 0 saturated carbocycles. The van der Waals surface area contributed by atoms with Gasteiger partial charge in [-0.1, -0.05) is 42.9 Å². The van der Waals surface area contributed by atoms with E-state index >= 15 is 0 Å². The predicted molar refractivity (Wildman–Crippen MR) is 58.7 cm³/mol. The highest BCUT2D eigenvalue weighted by atomic mass is 32.1. The SMILES string of the molecule is CCCCCCC(C)n1[nH]nnc1=S. The summed E-state index contributed by atoms with van der Waals surface area (Å²) < 4.78 is 2.40. The van der Waals surface area contributed by atoms with Gasteiger partial charge in [-0.05, 0) is 25.6 Å². The Bertz CT molecular complexity index is 304. The molecule has 0 radical (unpaired) electrons. The number of tetrazole rings is 1. The molecule has 0 spiro atoms. The van der Waals surface area contributed by atoms with Crippen LogP contribution in [0.4, 0.5) is 0 Å². The molecule has 0 fully saturated rings. The average Bonchev–Trinajstić information content (AvgIpc) is 2.59. The first-order chi connectivity index (χ1) is 6.75. The highest BCUT2D eigenvalue weighted by Gasteiger charge is 2.05. The zero-order chi connectivity index (χ0) is 10.4. The Balaban J connectivity index is 2.32. The van der Waals surface area contributed by atoms with E-state index in [0.717, 1.165) is 6.42 Å². The molecule has 1 rings (SSSR count). The lowest BCUT2D eigenvalue weighted by Gasteiger charge is -2.10. The summed E-state index contributed by atoms with van der Waals surface area (Å²) in [6.07, 6.45) is 6.28. The lowest BCUT2D eigenvalue weighted by molar-refractivity contribution is 0.422. The third kappa shape index (κ3) is 3.21. The van der Waals surface area contributed by atoms with Crippen LogP contribution in [0.1, 0.15) is 52.0 Å². The Morgan fingerprint density at radius 2 is 2.21 bits per heavy atom. The molecule has 14 heavy (non-hydrogen) atoms. The molecule has 0 bridgehead atoms. The molecule has 1 atom stereocenters. The highest BCUT2D eigenvalue weighted by Crippen LogP contribution is 2.14. The summed E-state index contributed by atoms with van der Waals surface area (Å²) in [4.78, 5) is 0. The Labute approximate surface area is 89.7 Å². The fourth-order valence-corrected chi connectivity index (χ4v) is 1.75. The number of nitrogens with one attached hydrogen (secondary N) is 1. The fourth-order valence-electron chi connectivity index (χ4n) is 1.49. The zero-order valence-electron chi connectivity index (χ0n) is 8.86. The summed E-state index contributed by atoms with van der Waals surface area (Å²) in [5.41, 5.74) is 0. The highest BCUT2D eigenvalue weighted by molar-refractivity contribution is 7.71. The van der Waals surface area contributed by atoms with E-state index in [2.05, 4.69) is 29.4 Å². The number of rotatable bonds is 6. The van der Waals surface area contributed by atoms with Crippen molar-refractivity contribution in [1.82, 2.24) is 20.2 Å². The van der Waals surface area contributed by atoms with E-state index in [1.807, 2.05) is 4.68 Å². The van der Waals surface area contributed by atoms with Gasteiger partial charge in [-0.3, -0.25) is 0 Å². The van der Waals surface area contributed by atoms with Gasteiger partial charge in [0, 0.05) is 0 Å². The van der Waals surface area contributed by atoms with Crippen LogP contribution in [0.25, 0.3) is 0 Å². The van der Waals surface area contributed by atoms with Crippen LogP contribution < -0.4 is 0 Å². The maximum Gasteiger partial charge on any atom is 0.238 e. The van der Waals surface area contributed by atoms with Crippen molar-refractivity contribution in [3.8, 4) is 0 Å². The Kier molecular flexibility index (Phi) is 4.79. The molecule has 0 aromatic carbocycles. The van der Waals surface area contributed by atoms with Crippen LogP contribution in [0.5, 0.6) is 0 Å². The van der Waals surface area contributed by atoms with Crippen molar-refractivity contribution in [2.45, 2.75) is 52.0 Å². The Hall–Kier alpha value is -0.710. The first-order valence-electron chi connectivity index (χ1n) is 5.25. The predicted octanol–water partition coefficient (Wildman–Crippen LogP) is 2.87. The van der Waals surface area contributed by atoms with Crippen molar-refractivity contribution >= 4 is 12.2 Å². The monoisotopic (exact) mass is 214 g/mol. The van der Waals surface area contributed by atoms with Crippen molar-refractivity contribution < 1.29 is 0 Å². The molecule has 0 aliphatic carbocycles. The number of hydrogen-bond donors (Lipinski definition) is 1. The van der Waals surface area contributed by atoms with Gasteiger partial charge in [-0.15, -0.1) is 0 Å². The number of hydrogen-bond acceptors (Lipinski definition) is 3. The minimum absolute atomic E-state index is 0.384. The second-order valence-corrected chi connectivity index (χ2v) is 4.02. The molecule has 0 aliphatic heterocycles. The molecule has 0 saturated heterocycles. The first kappa shape index (κ1) is 11.4. The standard InChI is InChI=1S/C9H18N4S/c1-3-4-5-6-7-8(2)13-9(14)10-11-12-13/h8H,3-7H2,1-2H3,(H,10,12,14). The number of aromatic amines is 1. The van der Waals surface area contributed by atoms with Crippen LogP contribution in [0.2, 0.25) is 0 Å². The van der Waals surface area contributed by atoms with Crippen LogP contribution >= 0.6 is 12.2 Å². The normalized spacial score (nSPS) is 13.0. The van der Waals surface area contributed by atoms with E-state index in [-0.39, 0.29) is 0 Å². The van der Waals surface area contributed by atoms with Crippen molar-refractivity contribution in [3.05, 3.63) is 4.77 Å². The summed E-state index contributed by atoms with van der Waals surface area (Å²) in [6, 6.07) is 0.384. The van der Waals surface area contributed by atoms with Crippen LogP contribution in [0, 0.1) is 4.77 Å². The summed E-state index contributed by atoms with van der Waals surface area (Å²) in [7, 11) is 0. The van der Waals surface area contributed by atoms with Crippen LogP contribution in [-0.4, -0.2) is 20.2 Å². The van der Waals surface area contributed by atoms with Crippen molar-refractivity contribution in [2.75, 3.05) is 0 Å². The third-order valence-electron chi connectivity index (χ3n) is 2.41. The molecular weight excluding hydrogens is 196 g/mol. The van der Waals surface area contributed by atoms with Gasteiger partial charge in [-0.25, -0.2) is 4.68 Å². The molecule has 1 N–H and O–H groups in total. The molecule has 1 aromatic rings. The van der Waals surface area contributed by atoms with Gasteiger partial charge >= 0.3 is 0 Å². The summed E-state index contributed by atoms with van der Waals surface area (Å²) in [5.74, 6) is 0. The minimum Gasteiger partial charge on any atom is -0.240 e. The molecule has 0 aliphatic rings. The average molecular weight is 214 g/mol. The molecule has 80 valence electrons. The van der Waals surface area contributed by atoms with E-state index in [4.69, 9.17) is 12.2 Å². The van der Waals surface area contributed by atoms with E-state index in [1.54, 1.807) is 0 Å². The van der Waals surface area contributed by atoms with Gasteiger partial charge in [-0.2, -0.15) is 5.21 Å².